The van der Waals surface area contributed by atoms with Gasteiger partial charge in [-0.25, -0.2) is 0 Å². The average Bonchev–Trinajstić information content (AvgIpc) is 2.17. The Kier molecular flexibility index (Phi) is 2.89. The third-order valence-corrected chi connectivity index (χ3v) is 1.36. The highest BCUT2D eigenvalue weighted by Crippen LogP contribution is 2.09. The predicted molar refractivity (Wildman–Crippen MR) is 43.8 cm³/mol. The van der Waals surface area contributed by atoms with Gasteiger partial charge in [-0.05, 0) is 16.7 Å². The van der Waals surface area contributed by atoms with Crippen molar-refractivity contribution in [3.63, 3.8) is 0 Å². The normalized spacial score (nSPS) is 16.2. The van der Waals surface area contributed by atoms with E-state index in [2.05, 4.69) is 21.4 Å². The molecule has 0 radical (unpaired) electrons. The van der Waals surface area contributed by atoms with Gasteiger partial charge >= 0.3 is 0 Å². The van der Waals surface area contributed by atoms with Crippen molar-refractivity contribution in [1.82, 2.24) is 0 Å². The summed E-state index contributed by atoms with van der Waals surface area (Å²) in [6.45, 7) is 3.59. The lowest BCUT2D eigenvalue weighted by molar-refractivity contribution is 1.11. The first-order valence-electron chi connectivity index (χ1n) is 2.83. The van der Waals surface area contributed by atoms with Gasteiger partial charge in [-0.2, -0.15) is 0 Å². The molecule has 1 aliphatic rings. The van der Waals surface area contributed by atoms with Gasteiger partial charge < -0.3 is 0 Å². The molecule has 0 saturated carbocycles. The molecule has 3 nitrogen and oxygen atoms in total. The second-order valence-electron chi connectivity index (χ2n) is 1.66. The fraction of sp³-hybridized carbons (Fsp3) is 0.167. The van der Waals surface area contributed by atoms with E-state index in [4.69, 9.17) is 0 Å². The third kappa shape index (κ3) is 2.14. The Labute approximate surface area is 63.7 Å². The molecule has 0 N–H and O–H groups in total. The lowest BCUT2D eigenvalue weighted by atomic mass is 10.3. The number of rotatable bonds is 2. The van der Waals surface area contributed by atoms with Crippen molar-refractivity contribution in [3.05, 3.63) is 24.1 Å². The van der Waals surface area contributed by atoms with Gasteiger partial charge in [-0.15, -0.1) is 11.7 Å². The van der Waals surface area contributed by atoms with Crippen molar-refractivity contribution in [2.45, 2.75) is 6.42 Å². The van der Waals surface area contributed by atoms with Crippen LogP contribution < -0.4 is 0 Å². The zero-order valence-electron chi connectivity index (χ0n) is 5.40. The molecular formula is C6H7N3S. The van der Waals surface area contributed by atoms with Gasteiger partial charge in [0.25, 0.3) is 0 Å². The molecule has 0 aromatic rings. The molecule has 0 amide bonds. The summed E-state index contributed by atoms with van der Waals surface area (Å²) >= 11 is 1.27. The van der Waals surface area contributed by atoms with Gasteiger partial charge in [0, 0.05) is 18.4 Å². The Morgan fingerprint density at radius 2 is 2.60 bits per heavy atom. The summed E-state index contributed by atoms with van der Waals surface area (Å²) in [7, 11) is 0. The monoisotopic (exact) mass is 153 g/mol. The van der Waals surface area contributed by atoms with E-state index in [0.717, 1.165) is 12.1 Å². The summed E-state index contributed by atoms with van der Waals surface area (Å²) in [5, 5.41) is 9.19. The van der Waals surface area contributed by atoms with Crippen LogP contribution in [0.2, 0.25) is 0 Å². The van der Waals surface area contributed by atoms with Gasteiger partial charge in [0.2, 0.25) is 0 Å². The lowest BCUT2D eigenvalue weighted by Crippen LogP contribution is -1.87. The minimum atomic E-state index is 0.746. The second-order valence-corrected chi connectivity index (χ2v) is 2.31. The number of hydrogen-bond acceptors (Lipinski definition) is 4. The third-order valence-electron chi connectivity index (χ3n) is 0.932. The summed E-state index contributed by atoms with van der Waals surface area (Å²) in [4.78, 5) is 0. The van der Waals surface area contributed by atoms with Gasteiger partial charge in [0.1, 0.15) is 0 Å². The number of allylic oxidation sites excluding steroid dienone is 2. The highest BCUT2D eigenvalue weighted by molar-refractivity contribution is 8.00. The van der Waals surface area contributed by atoms with Gasteiger partial charge in [-0.3, -0.25) is 0 Å². The topological polar surface area (TPSA) is 37.1 Å². The lowest BCUT2D eigenvalue weighted by Gasteiger charge is -1.87. The fourth-order valence-electron chi connectivity index (χ4n) is 0.523. The Bertz CT molecular complexity index is 205. The molecule has 0 fully saturated rings. The predicted octanol–water partition coefficient (Wildman–Crippen LogP) is 2.55. The minimum absolute atomic E-state index is 0.746. The van der Waals surface area contributed by atoms with Crippen LogP contribution in [0.5, 0.6) is 0 Å². The van der Waals surface area contributed by atoms with Crippen LogP contribution in [0, 0.1) is 0 Å². The molecule has 1 aliphatic heterocycles. The van der Waals surface area contributed by atoms with Crippen molar-refractivity contribution in [2.24, 2.45) is 14.8 Å². The van der Waals surface area contributed by atoms with Crippen molar-refractivity contribution in [3.8, 4) is 0 Å². The summed E-state index contributed by atoms with van der Waals surface area (Å²) in [6, 6.07) is 0. The second kappa shape index (κ2) is 4.00. The highest BCUT2D eigenvalue weighted by Gasteiger charge is 1.92. The molecule has 10 heavy (non-hydrogen) atoms. The molecule has 0 aromatic heterocycles. The maximum absolute atomic E-state index is 3.81. The van der Waals surface area contributed by atoms with E-state index in [1.807, 2.05) is 11.5 Å². The largest absolute Gasteiger partial charge is 0.134 e. The fourth-order valence-corrected chi connectivity index (χ4v) is 0.874. The van der Waals surface area contributed by atoms with Gasteiger partial charge in [0.05, 0.1) is 5.71 Å². The Balaban J connectivity index is 2.63. The van der Waals surface area contributed by atoms with E-state index in [1.54, 1.807) is 6.08 Å². The van der Waals surface area contributed by atoms with Crippen molar-refractivity contribution < 1.29 is 0 Å². The molecule has 0 bridgehead atoms. The van der Waals surface area contributed by atoms with Crippen LogP contribution in [0.3, 0.4) is 0 Å². The smallest absolute Gasteiger partial charge is 0.0692 e. The van der Waals surface area contributed by atoms with Crippen LogP contribution in [0.15, 0.2) is 39.0 Å². The van der Waals surface area contributed by atoms with Gasteiger partial charge in [-0.1, -0.05) is 10.6 Å². The van der Waals surface area contributed by atoms with Crippen LogP contribution >= 0.6 is 11.9 Å². The molecule has 0 aromatic carbocycles. The molecule has 1 rings (SSSR count). The summed E-state index contributed by atoms with van der Waals surface area (Å²) in [6.07, 6.45) is 4.41. The first kappa shape index (κ1) is 7.21. The van der Waals surface area contributed by atoms with Crippen LogP contribution in [-0.2, 0) is 0 Å². The molecule has 1 heterocycles. The Morgan fingerprint density at radius 3 is 3.40 bits per heavy atom. The molecule has 52 valence electrons. The maximum Gasteiger partial charge on any atom is 0.0692 e. The van der Waals surface area contributed by atoms with E-state index in [9.17, 15) is 0 Å². The number of hydrogen-bond donors (Lipinski definition) is 0. The summed E-state index contributed by atoms with van der Waals surface area (Å²) < 4.78 is 3.64. The van der Waals surface area contributed by atoms with E-state index in [0.29, 0.717) is 0 Å². The first-order chi connectivity index (χ1) is 4.93. The Hall–Kier alpha value is -0.900. The molecule has 0 aliphatic carbocycles. The van der Waals surface area contributed by atoms with Crippen LogP contribution in [0.4, 0.5) is 0 Å². The summed E-state index contributed by atoms with van der Waals surface area (Å²) in [5.41, 5.74) is 0.892. The standard InChI is InChI=1S/C6H7N3S/c1-2-3-6-4-5-10-9-8-7-6/h2,4-5H,1,3H2. The van der Waals surface area contributed by atoms with Crippen LogP contribution in [0.25, 0.3) is 0 Å². The minimum Gasteiger partial charge on any atom is -0.134 e. The van der Waals surface area contributed by atoms with E-state index in [1.165, 1.54) is 11.9 Å². The van der Waals surface area contributed by atoms with E-state index >= 15 is 0 Å². The molecule has 0 spiro atoms. The number of nitrogens with zero attached hydrogens (tertiary/aromatic N) is 3. The zero-order valence-corrected chi connectivity index (χ0v) is 6.21. The molecule has 0 saturated heterocycles. The Morgan fingerprint density at radius 1 is 1.70 bits per heavy atom. The van der Waals surface area contributed by atoms with Crippen LogP contribution in [-0.4, -0.2) is 5.71 Å². The van der Waals surface area contributed by atoms with E-state index in [-0.39, 0.29) is 0 Å². The average molecular weight is 153 g/mol. The SMILES string of the molecule is C=CCC1=NN=NSC=C1. The van der Waals surface area contributed by atoms with Crippen molar-refractivity contribution >= 4 is 17.7 Å². The molecular weight excluding hydrogens is 146 g/mol. The quantitative estimate of drug-likeness (QED) is 0.443. The maximum atomic E-state index is 3.81. The first-order valence-corrected chi connectivity index (χ1v) is 3.67. The van der Waals surface area contributed by atoms with Crippen LogP contribution in [0.1, 0.15) is 6.42 Å². The molecule has 4 heteroatoms. The molecule has 0 atom stereocenters. The van der Waals surface area contributed by atoms with Crippen molar-refractivity contribution in [1.29, 1.82) is 0 Å². The highest BCUT2D eigenvalue weighted by atomic mass is 32.2. The molecule has 0 unspecified atom stereocenters. The van der Waals surface area contributed by atoms with Gasteiger partial charge in [0.15, 0.2) is 0 Å². The van der Waals surface area contributed by atoms with E-state index < -0.39 is 0 Å². The van der Waals surface area contributed by atoms with Crippen molar-refractivity contribution in [2.75, 3.05) is 0 Å². The zero-order chi connectivity index (χ0) is 7.23. The summed E-state index contributed by atoms with van der Waals surface area (Å²) in [5.74, 6) is 0.